The van der Waals surface area contributed by atoms with E-state index in [0.29, 0.717) is 11.5 Å². The van der Waals surface area contributed by atoms with Gasteiger partial charge in [-0.25, -0.2) is 9.18 Å². The summed E-state index contributed by atoms with van der Waals surface area (Å²) in [7, 11) is 3.16. The van der Waals surface area contributed by atoms with Gasteiger partial charge in [-0.2, -0.15) is 0 Å². The molecule has 1 aliphatic heterocycles. The molecular formula is C31H31FN2O7. The summed E-state index contributed by atoms with van der Waals surface area (Å²) < 4.78 is 40.3. The summed E-state index contributed by atoms with van der Waals surface area (Å²) in [6, 6.07) is 25.4. The Bertz CT molecular complexity index is 1540. The first-order chi connectivity index (χ1) is 19.7. The van der Waals surface area contributed by atoms with Crippen LogP contribution in [0.3, 0.4) is 0 Å². The Morgan fingerprint density at radius 1 is 0.902 bits per heavy atom. The second-order valence-corrected chi connectivity index (χ2v) is 9.96. The summed E-state index contributed by atoms with van der Waals surface area (Å²) >= 11 is 0. The van der Waals surface area contributed by atoms with Crippen molar-refractivity contribution in [2.75, 3.05) is 20.8 Å². The predicted octanol–water partition coefficient (Wildman–Crippen LogP) is 3.55. The van der Waals surface area contributed by atoms with E-state index < -0.39 is 41.0 Å². The molecule has 0 bridgehead atoms. The molecule has 1 saturated heterocycles. The van der Waals surface area contributed by atoms with E-state index in [4.69, 9.17) is 18.9 Å². The first kappa shape index (κ1) is 28.3. The van der Waals surface area contributed by atoms with Gasteiger partial charge < -0.3 is 24.1 Å². The van der Waals surface area contributed by atoms with E-state index in [-0.39, 0.29) is 6.61 Å². The molecule has 41 heavy (non-hydrogen) atoms. The van der Waals surface area contributed by atoms with Gasteiger partial charge in [0.05, 0.1) is 20.8 Å². The summed E-state index contributed by atoms with van der Waals surface area (Å²) in [4.78, 5) is 26.1. The molecule has 4 aromatic rings. The summed E-state index contributed by atoms with van der Waals surface area (Å²) in [5.74, 6) is 1.31. The smallest absolute Gasteiger partial charge is 0.330 e. The molecule has 0 saturated carbocycles. The first-order valence-corrected chi connectivity index (χ1v) is 13.0. The fraction of sp³-hybridized carbons (Fsp3) is 0.290. The van der Waals surface area contributed by atoms with Gasteiger partial charge in [0.2, 0.25) is 0 Å². The Labute approximate surface area is 235 Å². The topological polar surface area (TPSA) is 112 Å². The number of methoxy groups -OCH3 is 2. The molecule has 1 aliphatic rings. The number of hydrogen-bond acceptors (Lipinski definition) is 7. The molecule has 1 fully saturated rings. The third-order valence-corrected chi connectivity index (χ3v) is 7.46. The lowest BCUT2D eigenvalue weighted by Crippen LogP contribution is -2.44. The quantitative estimate of drug-likeness (QED) is 0.300. The van der Waals surface area contributed by atoms with Crippen molar-refractivity contribution < 1.29 is 28.4 Å². The van der Waals surface area contributed by atoms with Crippen LogP contribution in [-0.2, 0) is 15.1 Å². The summed E-state index contributed by atoms with van der Waals surface area (Å²) in [6.45, 7) is 0.902. The van der Waals surface area contributed by atoms with E-state index in [1.165, 1.54) is 0 Å². The molecular weight excluding hydrogens is 531 g/mol. The zero-order valence-corrected chi connectivity index (χ0v) is 22.8. The minimum absolute atomic E-state index is 0.248. The molecule has 9 nitrogen and oxygen atoms in total. The SMILES string of the molecule is COc1ccc(C(OC[C@H]2O[C@H](n3ccc(=O)[nH]c3=O)C(C)(F)C2O)(c2ccccc2)c2ccc(OC)cc2)cc1. The second-order valence-electron chi connectivity index (χ2n) is 9.96. The molecule has 2 N–H and O–H groups in total. The highest BCUT2D eigenvalue weighted by atomic mass is 19.1. The standard InChI is InChI=1S/C31H31FN2O7/c1-30(32)27(36)25(41-28(30)34-18-17-26(35)33-29(34)37)19-40-31(20-7-5-4-6-8-20,21-9-13-23(38-2)14-10-21)22-11-15-24(39-3)16-12-22/h4-18,25,27-28,36H,19H2,1-3H3,(H,33,35,37)/t25-,27?,28+,30?/m1/s1. The molecule has 0 aliphatic carbocycles. The number of nitrogens with one attached hydrogen (secondary N) is 1. The molecule has 10 heteroatoms. The number of aliphatic hydroxyl groups is 1. The van der Waals surface area contributed by atoms with Crippen molar-refractivity contribution in [1.29, 1.82) is 0 Å². The fourth-order valence-corrected chi connectivity index (χ4v) is 5.24. The van der Waals surface area contributed by atoms with Gasteiger partial charge in [-0.3, -0.25) is 14.3 Å². The number of aromatic amines is 1. The number of alkyl halides is 1. The Morgan fingerprint density at radius 2 is 1.44 bits per heavy atom. The number of halogens is 1. The molecule has 2 unspecified atom stereocenters. The monoisotopic (exact) mass is 562 g/mol. The molecule has 0 spiro atoms. The van der Waals surface area contributed by atoms with Gasteiger partial charge in [0, 0.05) is 12.3 Å². The maximum atomic E-state index is 15.9. The number of nitrogens with zero attached hydrogens (tertiary/aromatic N) is 1. The van der Waals surface area contributed by atoms with E-state index in [2.05, 4.69) is 4.98 Å². The fourth-order valence-electron chi connectivity index (χ4n) is 5.24. The van der Waals surface area contributed by atoms with Crippen LogP contribution in [0, 0.1) is 0 Å². The molecule has 214 valence electrons. The van der Waals surface area contributed by atoms with Gasteiger partial charge >= 0.3 is 5.69 Å². The van der Waals surface area contributed by atoms with Crippen molar-refractivity contribution in [1.82, 2.24) is 9.55 Å². The van der Waals surface area contributed by atoms with Gasteiger partial charge in [-0.1, -0.05) is 54.6 Å². The minimum Gasteiger partial charge on any atom is -0.497 e. The third kappa shape index (κ3) is 5.17. The largest absolute Gasteiger partial charge is 0.497 e. The third-order valence-electron chi connectivity index (χ3n) is 7.46. The minimum atomic E-state index is -2.37. The number of aliphatic hydroxyl groups excluding tert-OH is 1. The lowest BCUT2D eigenvalue weighted by molar-refractivity contribution is -0.0968. The van der Waals surface area contributed by atoms with Crippen LogP contribution >= 0.6 is 0 Å². The van der Waals surface area contributed by atoms with Crippen LogP contribution in [0.5, 0.6) is 11.5 Å². The van der Waals surface area contributed by atoms with Gasteiger partial charge in [0.1, 0.15) is 29.3 Å². The molecule has 1 aromatic heterocycles. The highest BCUT2D eigenvalue weighted by molar-refractivity contribution is 5.49. The average molecular weight is 563 g/mol. The van der Waals surface area contributed by atoms with E-state index in [9.17, 15) is 14.7 Å². The molecule has 5 rings (SSSR count). The molecule has 4 atom stereocenters. The van der Waals surface area contributed by atoms with Crippen molar-refractivity contribution in [2.24, 2.45) is 0 Å². The van der Waals surface area contributed by atoms with Crippen molar-refractivity contribution in [3.05, 3.63) is 129 Å². The van der Waals surface area contributed by atoms with Gasteiger partial charge in [0.25, 0.3) is 5.56 Å². The zero-order valence-electron chi connectivity index (χ0n) is 22.8. The van der Waals surface area contributed by atoms with Gasteiger partial charge in [0.15, 0.2) is 11.9 Å². The maximum absolute atomic E-state index is 15.9. The number of benzene rings is 3. The lowest BCUT2D eigenvalue weighted by atomic mass is 9.80. The van der Waals surface area contributed by atoms with Crippen molar-refractivity contribution in [3.8, 4) is 11.5 Å². The zero-order chi connectivity index (χ0) is 29.2. The number of H-pyrrole nitrogens is 1. The van der Waals surface area contributed by atoms with Crippen LogP contribution in [0.2, 0.25) is 0 Å². The number of rotatable bonds is 9. The van der Waals surface area contributed by atoms with Gasteiger partial charge in [-0.05, 0) is 47.9 Å². The van der Waals surface area contributed by atoms with Crippen LogP contribution < -0.4 is 20.7 Å². The average Bonchev–Trinajstić information content (AvgIpc) is 3.22. The number of ether oxygens (including phenoxy) is 4. The molecule has 0 amide bonds. The van der Waals surface area contributed by atoms with Crippen molar-refractivity contribution >= 4 is 0 Å². The first-order valence-electron chi connectivity index (χ1n) is 13.0. The van der Waals surface area contributed by atoms with E-state index in [1.54, 1.807) is 14.2 Å². The summed E-state index contributed by atoms with van der Waals surface area (Å²) in [5.41, 5.74) is -2.79. The highest BCUT2D eigenvalue weighted by Gasteiger charge is 2.56. The molecule has 3 aromatic carbocycles. The van der Waals surface area contributed by atoms with Crippen molar-refractivity contribution in [3.63, 3.8) is 0 Å². The van der Waals surface area contributed by atoms with Crippen LogP contribution in [-0.4, -0.2) is 53.4 Å². The molecule has 0 radical (unpaired) electrons. The normalized spacial score (nSPS) is 22.4. The summed E-state index contributed by atoms with van der Waals surface area (Å²) in [6.07, 6.45) is -3.16. The van der Waals surface area contributed by atoms with Gasteiger partial charge in [-0.15, -0.1) is 0 Å². The number of aromatic nitrogens is 2. The second kappa shape index (κ2) is 11.3. The Kier molecular flexibility index (Phi) is 7.81. The van der Waals surface area contributed by atoms with Crippen molar-refractivity contribution in [2.45, 2.75) is 36.6 Å². The van der Waals surface area contributed by atoms with Crippen LogP contribution in [0.25, 0.3) is 0 Å². The van der Waals surface area contributed by atoms with Crippen LogP contribution in [0.4, 0.5) is 4.39 Å². The van der Waals surface area contributed by atoms with E-state index in [0.717, 1.165) is 40.4 Å². The van der Waals surface area contributed by atoms with Crippen LogP contribution in [0.15, 0.2) is 101 Å². The highest BCUT2D eigenvalue weighted by Crippen LogP contribution is 2.45. The van der Waals surface area contributed by atoms with E-state index >= 15 is 4.39 Å². The predicted molar refractivity (Wildman–Crippen MR) is 149 cm³/mol. The maximum Gasteiger partial charge on any atom is 0.330 e. The Morgan fingerprint density at radius 3 is 1.95 bits per heavy atom. The van der Waals surface area contributed by atoms with E-state index in [1.807, 2.05) is 78.9 Å². The summed E-state index contributed by atoms with van der Waals surface area (Å²) in [5, 5.41) is 11.0. The van der Waals surface area contributed by atoms with Crippen LogP contribution in [0.1, 0.15) is 29.8 Å². The Balaban J connectivity index is 1.58. The Hall–Kier alpha value is -4.25. The molecule has 2 heterocycles. The lowest BCUT2D eigenvalue weighted by Gasteiger charge is -2.37. The number of hydrogen-bond donors (Lipinski definition) is 2.